The molecule has 1 aromatic heterocycles. The molecule has 0 unspecified atom stereocenters. The minimum Gasteiger partial charge on any atom is -0.545 e. The van der Waals surface area contributed by atoms with Crippen molar-refractivity contribution in [1.82, 2.24) is 8.75 Å². The zero-order valence-electron chi connectivity index (χ0n) is 17.2. The molecule has 0 amide bonds. The number of carbonyl (C=O) groups is 2. The van der Waals surface area contributed by atoms with Crippen molar-refractivity contribution in [3.05, 3.63) is 101 Å². The molecule has 0 aliphatic carbocycles. The molecule has 148 valence electrons. The van der Waals surface area contributed by atoms with E-state index in [1.165, 1.54) is 0 Å². The molecular formula is C24H17N2NaO3S. The van der Waals surface area contributed by atoms with Gasteiger partial charge in [-0.15, -0.1) is 0 Å². The van der Waals surface area contributed by atoms with Gasteiger partial charge >= 0.3 is 29.6 Å². The van der Waals surface area contributed by atoms with Crippen molar-refractivity contribution in [2.45, 2.75) is 13.3 Å². The smallest absolute Gasteiger partial charge is 0.545 e. The van der Waals surface area contributed by atoms with Crippen LogP contribution in [0, 0.1) is 6.92 Å². The van der Waals surface area contributed by atoms with Crippen LogP contribution < -0.4 is 34.7 Å². The van der Waals surface area contributed by atoms with Crippen LogP contribution in [-0.4, -0.2) is 20.5 Å². The van der Waals surface area contributed by atoms with Crippen LogP contribution in [0.5, 0.6) is 0 Å². The Morgan fingerprint density at radius 1 is 0.871 bits per heavy atom. The van der Waals surface area contributed by atoms with Crippen LogP contribution in [0.4, 0.5) is 0 Å². The SMILES string of the molecule is Cc1ccc(C/C(C(=O)c2ccccc2)=C(\C(=O)[O-])c2ccc3nsnc3c2)cc1.[Na+]. The van der Waals surface area contributed by atoms with E-state index in [-0.39, 0.29) is 52.9 Å². The molecule has 0 bridgehead atoms. The zero-order valence-corrected chi connectivity index (χ0v) is 20.0. The average Bonchev–Trinajstić information content (AvgIpc) is 3.22. The molecule has 31 heavy (non-hydrogen) atoms. The van der Waals surface area contributed by atoms with Crippen LogP contribution in [0.15, 0.2) is 78.4 Å². The molecule has 7 heteroatoms. The number of carboxylic acids is 1. The molecule has 4 rings (SSSR count). The normalized spacial score (nSPS) is 11.5. The number of hydrogen-bond acceptors (Lipinski definition) is 6. The number of Topliss-reactive ketones (excluding diaryl/α,β-unsaturated/α-hetero) is 1. The summed E-state index contributed by atoms with van der Waals surface area (Å²) in [6.07, 6.45) is 0.171. The topological polar surface area (TPSA) is 83.0 Å². The van der Waals surface area contributed by atoms with E-state index in [2.05, 4.69) is 8.75 Å². The molecule has 3 aromatic carbocycles. The van der Waals surface area contributed by atoms with Gasteiger partial charge in [-0.2, -0.15) is 8.75 Å². The molecule has 0 aliphatic heterocycles. The first-order chi connectivity index (χ1) is 14.5. The van der Waals surface area contributed by atoms with Crippen molar-refractivity contribution in [3.63, 3.8) is 0 Å². The van der Waals surface area contributed by atoms with Gasteiger partial charge in [0.05, 0.1) is 17.7 Å². The van der Waals surface area contributed by atoms with Gasteiger partial charge in [0.1, 0.15) is 11.0 Å². The zero-order chi connectivity index (χ0) is 21.1. The van der Waals surface area contributed by atoms with Gasteiger partial charge in [-0.05, 0) is 30.2 Å². The Morgan fingerprint density at radius 2 is 1.55 bits per heavy atom. The molecule has 0 radical (unpaired) electrons. The van der Waals surface area contributed by atoms with Crippen molar-refractivity contribution in [2.24, 2.45) is 0 Å². The molecule has 0 aliphatic rings. The first-order valence-corrected chi connectivity index (χ1v) is 10.1. The molecule has 0 saturated heterocycles. The van der Waals surface area contributed by atoms with E-state index in [9.17, 15) is 14.7 Å². The number of fused-ring (bicyclic) bond motifs is 1. The van der Waals surface area contributed by atoms with Crippen molar-refractivity contribution in [3.8, 4) is 0 Å². The molecule has 1 heterocycles. The molecule has 0 fully saturated rings. The van der Waals surface area contributed by atoms with Crippen molar-refractivity contribution < 1.29 is 44.3 Å². The van der Waals surface area contributed by atoms with Crippen LogP contribution in [0.3, 0.4) is 0 Å². The van der Waals surface area contributed by atoms with E-state index in [0.717, 1.165) is 22.9 Å². The Hall–Kier alpha value is -2.64. The standard InChI is InChI=1S/C24H18N2O3S.Na/c1-15-7-9-16(10-8-15)13-19(23(27)17-5-3-2-4-6-17)22(24(28)29)18-11-12-20-21(14-18)26-30-25-20;/h2-12,14H,13H2,1H3,(H,28,29);/q;+1/p-1/b22-19+;. The number of aromatic nitrogens is 2. The maximum absolute atomic E-state index is 13.4. The predicted molar refractivity (Wildman–Crippen MR) is 115 cm³/mol. The summed E-state index contributed by atoms with van der Waals surface area (Å²) in [5.74, 6) is -1.74. The summed E-state index contributed by atoms with van der Waals surface area (Å²) in [5.41, 5.74) is 4.03. The van der Waals surface area contributed by atoms with Gasteiger partial charge in [-0.1, -0.05) is 66.2 Å². The van der Waals surface area contributed by atoms with E-state index in [1.54, 1.807) is 42.5 Å². The van der Waals surface area contributed by atoms with Crippen molar-refractivity contribution >= 4 is 40.1 Å². The van der Waals surface area contributed by atoms with E-state index in [4.69, 9.17) is 0 Å². The second kappa shape index (κ2) is 10.1. The first kappa shape index (κ1) is 23.0. The number of hydrogen-bond donors (Lipinski definition) is 0. The number of aliphatic carboxylic acids is 1. The Balaban J connectivity index is 0.00000272. The summed E-state index contributed by atoms with van der Waals surface area (Å²) < 4.78 is 8.34. The quantitative estimate of drug-likeness (QED) is 0.252. The van der Waals surface area contributed by atoms with Crippen LogP contribution >= 0.6 is 11.7 Å². The number of aryl methyl sites for hydroxylation is 1. The van der Waals surface area contributed by atoms with Gasteiger partial charge in [0, 0.05) is 23.1 Å². The third-order valence-electron chi connectivity index (χ3n) is 4.86. The van der Waals surface area contributed by atoms with Gasteiger partial charge in [0.2, 0.25) is 0 Å². The maximum Gasteiger partial charge on any atom is 1.00 e. The fraction of sp³-hybridized carbons (Fsp3) is 0.0833. The Kier molecular flexibility index (Phi) is 7.51. The number of nitrogens with zero attached hydrogens (tertiary/aromatic N) is 2. The maximum atomic E-state index is 13.4. The molecule has 0 spiro atoms. The summed E-state index contributed by atoms with van der Waals surface area (Å²) in [6, 6.07) is 21.3. The minimum absolute atomic E-state index is 0. The molecule has 0 atom stereocenters. The van der Waals surface area contributed by atoms with Gasteiger partial charge in [-0.3, -0.25) is 4.79 Å². The minimum atomic E-state index is -1.40. The van der Waals surface area contributed by atoms with Crippen LogP contribution in [0.25, 0.3) is 16.6 Å². The van der Waals surface area contributed by atoms with Crippen LogP contribution in [-0.2, 0) is 11.2 Å². The Bertz CT molecular complexity index is 1260. The fourth-order valence-corrected chi connectivity index (χ4v) is 3.83. The third-order valence-corrected chi connectivity index (χ3v) is 5.42. The van der Waals surface area contributed by atoms with E-state index < -0.39 is 5.97 Å². The number of benzene rings is 3. The largest absolute Gasteiger partial charge is 1.00 e. The van der Waals surface area contributed by atoms with Crippen LogP contribution in [0.1, 0.15) is 27.0 Å². The molecule has 0 N–H and O–H groups in total. The summed E-state index contributed by atoms with van der Waals surface area (Å²) >= 11 is 1.05. The second-order valence-electron chi connectivity index (χ2n) is 6.97. The number of rotatable bonds is 6. The number of ketones is 1. The summed E-state index contributed by atoms with van der Waals surface area (Å²) in [6.45, 7) is 1.97. The van der Waals surface area contributed by atoms with E-state index in [0.29, 0.717) is 22.2 Å². The molecule has 5 nitrogen and oxygen atoms in total. The molecule has 0 saturated carbocycles. The number of carbonyl (C=O) groups excluding carboxylic acids is 2. The van der Waals surface area contributed by atoms with Gasteiger partial charge in [0.25, 0.3) is 0 Å². The van der Waals surface area contributed by atoms with E-state index in [1.807, 2.05) is 37.3 Å². The fourth-order valence-electron chi connectivity index (χ4n) is 3.31. The van der Waals surface area contributed by atoms with Gasteiger partial charge < -0.3 is 9.90 Å². The summed E-state index contributed by atoms with van der Waals surface area (Å²) in [4.78, 5) is 25.6. The van der Waals surface area contributed by atoms with Crippen molar-refractivity contribution in [2.75, 3.05) is 0 Å². The van der Waals surface area contributed by atoms with Gasteiger partial charge in [-0.25, -0.2) is 0 Å². The second-order valence-corrected chi connectivity index (χ2v) is 7.49. The third kappa shape index (κ3) is 5.17. The Labute approximate surface area is 206 Å². The van der Waals surface area contributed by atoms with E-state index >= 15 is 0 Å². The Morgan fingerprint density at radius 3 is 2.23 bits per heavy atom. The monoisotopic (exact) mass is 436 g/mol. The number of carboxylic acid groups (broad SMARTS) is 1. The summed E-state index contributed by atoms with van der Waals surface area (Å²) in [7, 11) is 0. The first-order valence-electron chi connectivity index (χ1n) is 9.35. The molecular weight excluding hydrogens is 419 g/mol. The molecule has 4 aromatic rings. The van der Waals surface area contributed by atoms with Crippen molar-refractivity contribution in [1.29, 1.82) is 0 Å². The summed E-state index contributed by atoms with van der Waals surface area (Å²) in [5, 5.41) is 12.2. The number of allylic oxidation sites excluding steroid dienone is 1. The van der Waals surface area contributed by atoms with Crippen LogP contribution in [0.2, 0.25) is 0 Å². The predicted octanol–water partition coefficient (Wildman–Crippen LogP) is 0.633. The van der Waals surface area contributed by atoms with Gasteiger partial charge in [0.15, 0.2) is 5.78 Å². The average molecular weight is 436 g/mol.